The molecule has 0 aliphatic heterocycles. The van der Waals surface area contributed by atoms with E-state index in [0.29, 0.717) is 16.3 Å². The first-order valence-corrected chi connectivity index (χ1v) is 6.18. The zero-order valence-electron chi connectivity index (χ0n) is 9.99. The van der Waals surface area contributed by atoms with Gasteiger partial charge in [0.15, 0.2) is 0 Å². The largest absolute Gasteiger partial charge is 0.463 e. The van der Waals surface area contributed by atoms with Gasteiger partial charge in [0.1, 0.15) is 23.4 Å². The number of aryl methyl sites for hydroxylation is 1. The molecule has 1 aromatic heterocycles. The Labute approximate surface area is 110 Å². The topological polar surface area (TPSA) is 33.4 Å². The number of hydrogen-bond donors (Lipinski definition) is 1. The third-order valence-electron chi connectivity index (χ3n) is 2.78. The number of aliphatic hydroxyl groups is 1. The molecule has 2 rings (SSSR count). The molecule has 0 saturated heterocycles. The molecule has 0 aliphatic rings. The molecule has 0 saturated carbocycles. The minimum Gasteiger partial charge on any atom is -0.463 e. The van der Waals surface area contributed by atoms with Crippen LogP contribution < -0.4 is 0 Å². The highest BCUT2D eigenvalue weighted by atomic mass is 35.5. The van der Waals surface area contributed by atoms with E-state index in [-0.39, 0.29) is 12.2 Å². The maximum atomic E-state index is 13.1. The summed E-state index contributed by atoms with van der Waals surface area (Å²) < 4.78 is 18.5. The summed E-state index contributed by atoms with van der Waals surface area (Å²) in [4.78, 5) is 0. The second kappa shape index (κ2) is 5.55. The smallest absolute Gasteiger partial charge is 0.133 e. The number of benzene rings is 1. The predicted molar refractivity (Wildman–Crippen MR) is 68.2 cm³/mol. The molecule has 0 fully saturated rings. The lowest BCUT2D eigenvalue weighted by Crippen LogP contribution is -2.01. The van der Waals surface area contributed by atoms with Crippen molar-refractivity contribution in [3.05, 3.63) is 58.3 Å². The van der Waals surface area contributed by atoms with Crippen molar-refractivity contribution in [2.75, 3.05) is 0 Å². The lowest BCUT2D eigenvalue weighted by atomic mass is 10.1. The van der Waals surface area contributed by atoms with Crippen molar-refractivity contribution in [1.82, 2.24) is 0 Å². The van der Waals surface area contributed by atoms with Gasteiger partial charge in [0, 0.05) is 17.9 Å². The van der Waals surface area contributed by atoms with Crippen LogP contribution in [0.3, 0.4) is 0 Å². The quantitative estimate of drug-likeness (QED) is 0.912. The molecule has 0 bridgehead atoms. The average molecular weight is 269 g/mol. The van der Waals surface area contributed by atoms with Crippen LogP contribution in [0.15, 0.2) is 34.7 Å². The van der Waals surface area contributed by atoms with Crippen LogP contribution in [-0.4, -0.2) is 5.11 Å². The van der Waals surface area contributed by atoms with Gasteiger partial charge in [-0.2, -0.15) is 0 Å². The summed E-state index contributed by atoms with van der Waals surface area (Å²) in [6.45, 7) is 1.97. The van der Waals surface area contributed by atoms with E-state index >= 15 is 0 Å². The van der Waals surface area contributed by atoms with Gasteiger partial charge in [-0.3, -0.25) is 0 Å². The highest BCUT2D eigenvalue weighted by Crippen LogP contribution is 2.25. The fraction of sp³-hybridized carbons (Fsp3) is 0.286. The van der Waals surface area contributed by atoms with E-state index < -0.39 is 6.10 Å². The lowest BCUT2D eigenvalue weighted by Gasteiger charge is -2.09. The van der Waals surface area contributed by atoms with E-state index in [1.54, 1.807) is 6.07 Å². The van der Waals surface area contributed by atoms with Crippen molar-refractivity contribution in [1.29, 1.82) is 0 Å². The second-order valence-corrected chi connectivity index (χ2v) is 4.52. The summed E-state index contributed by atoms with van der Waals surface area (Å²) in [6.07, 6.45) is 0.186. The summed E-state index contributed by atoms with van der Waals surface area (Å²) in [5.74, 6) is 0.928. The number of furan rings is 1. The van der Waals surface area contributed by atoms with Crippen LogP contribution in [0.25, 0.3) is 0 Å². The molecule has 4 heteroatoms. The normalized spacial score (nSPS) is 12.7. The van der Waals surface area contributed by atoms with Crippen molar-refractivity contribution >= 4 is 11.6 Å². The van der Waals surface area contributed by atoms with Crippen LogP contribution in [0.1, 0.15) is 30.1 Å². The minimum absolute atomic E-state index is 0.229. The van der Waals surface area contributed by atoms with Gasteiger partial charge < -0.3 is 9.52 Å². The van der Waals surface area contributed by atoms with Crippen molar-refractivity contribution in [2.24, 2.45) is 0 Å². The second-order valence-electron chi connectivity index (χ2n) is 4.11. The standard InChI is InChI=1S/C14H14ClFO2/c1-2-11-4-6-14(18-11)13(17)8-9-7-10(16)3-5-12(9)15/h3-7,13,17H,2,8H2,1H3. The van der Waals surface area contributed by atoms with E-state index in [9.17, 15) is 9.50 Å². The van der Waals surface area contributed by atoms with Crippen molar-refractivity contribution in [2.45, 2.75) is 25.9 Å². The van der Waals surface area contributed by atoms with E-state index in [1.807, 2.05) is 13.0 Å². The average Bonchev–Trinajstić information content (AvgIpc) is 2.82. The third-order valence-corrected chi connectivity index (χ3v) is 3.15. The molecule has 1 atom stereocenters. The van der Waals surface area contributed by atoms with Gasteiger partial charge in [-0.05, 0) is 35.9 Å². The molecule has 1 aromatic carbocycles. The monoisotopic (exact) mass is 268 g/mol. The van der Waals surface area contributed by atoms with Crippen molar-refractivity contribution in [3.63, 3.8) is 0 Å². The molecule has 96 valence electrons. The number of hydrogen-bond acceptors (Lipinski definition) is 2. The molecule has 2 nitrogen and oxygen atoms in total. The maximum Gasteiger partial charge on any atom is 0.133 e. The molecule has 1 heterocycles. The van der Waals surface area contributed by atoms with Crippen LogP contribution in [0.2, 0.25) is 5.02 Å². The zero-order valence-corrected chi connectivity index (χ0v) is 10.7. The fourth-order valence-electron chi connectivity index (χ4n) is 1.77. The Balaban J connectivity index is 2.15. The predicted octanol–water partition coefficient (Wildman–Crippen LogP) is 3.91. The summed E-state index contributed by atoms with van der Waals surface area (Å²) >= 11 is 5.95. The van der Waals surface area contributed by atoms with E-state index in [2.05, 4.69) is 0 Å². The van der Waals surface area contributed by atoms with Gasteiger partial charge in [-0.15, -0.1) is 0 Å². The first kappa shape index (κ1) is 13.1. The Kier molecular flexibility index (Phi) is 4.04. The molecule has 2 aromatic rings. The van der Waals surface area contributed by atoms with Gasteiger partial charge in [-0.1, -0.05) is 18.5 Å². The first-order chi connectivity index (χ1) is 8.60. The van der Waals surface area contributed by atoms with Crippen molar-refractivity contribution < 1.29 is 13.9 Å². The van der Waals surface area contributed by atoms with Gasteiger partial charge >= 0.3 is 0 Å². The summed E-state index contributed by atoms with van der Waals surface area (Å²) in [6, 6.07) is 7.66. The molecular weight excluding hydrogens is 255 g/mol. The molecule has 0 amide bonds. The lowest BCUT2D eigenvalue weighted by molar-refractivity contribution is 0.148. The SMILES string of the molecule is CCc1ccc(C(O)Cc2cc(F)ccc2Cl)o1. The highest BCUT2D eigenvalue weighted by molar-refractivity contribution is 6.31. The third kappa shape index (κ3) is 2.92. The Morgan fingerprint density at radius 3 is 2.78 bits per heavy atom. The molecule has 18 heavy (non-hydrogen) atoms. The van der Waals surface area contributed by atoms with Gasteiger partial charge in [0.25, 0.3) is 0 Å². The Morgan fingerprint density at radius 2 is 2.11 bits per heavy atom. The molecular formula is C14H14ClFO2. The highest BCUT2D eigenvalue weighted by Gasteiger charge is 2.15. The molecule has 0 radical (unpaired) electrons. The maximum absolute atomic E-state index is 13.1. The number of aliphatic hydroxyl groups excluding tert-OH is 1. The summed E-state index contributed by atoms with van der Waals surface area (Å²) in [7, 11) is 0. The van der Waals surface area contributed by atoms with Crippen LogP contribution in [0.5, 0.6) is 0 Å². The summed E-state index contributed by atoms with van der Waals surface area (Å²) in [5.41, 5.74) is 0.568. The Hall–Kier alpha value is -1.32. The zero-order chi connectivity index (χ0) is 13.1. The van der Waals surface area contributed by atoms with Crippen LogP contribution in [-0.2, 0) is 12.8 Å². The Morgan fingerprint density at radius 1 is 1.33 bits per heavy atom. The van der Waals surface area contributed by atoms with Gasteiger partial charge in [-0.25, -0.2) is 4.39 Å². The molecule has 0 aliphatic carbocycles. The minimum atomic E-state index is -0.815. The fourth-order valence-corrected chi connectivity index (χ4v) is 1.97. The summed E-state index contributed by atoms with van der Waals surface area (Å²) in [5, 5.41) is 10.5. The molecule has 1 N–H and O–H groups in total. The Bertz CT molecular complexity index is 536. The van der Waals surface area contributed by atoms with Crippen LogP contribution >= 0.6 is 11.6 Å². The van der Waals surface area contributed by atoms with E-state index in [0.717, 1.165) is 12.2 Å². The molecule has 1 unspecified atom stereocenters. The van der Waals surface area contributed by atoms with Gasteiger partial charge in [0.05, 0.1) is 0 Å². The van der Waals surface area contributed by atoms with Crippen LogP contribution in [0, 0.1) is 5.82 Å². The van der Waals surface area contributed by atoms with Crippen LogP contribution in [0.4, 0.5) is 4.39 Å². The number of halogens is 2. The molecule has 0 spiro atoms. The van der Waals surface area contributed by atoms with E-state index in [4.69, 9.17) is 16.0 Å². The van der Waals surface area contributed by atoms with E-state index in [1.165, 1.54) is 18.2 Å². The van der Waals surface area contributed by atoms with Gasteiger partial charge in [0.2, 0.25) is 0 Å². The van der Waals surface area contributed by atoms with Crippen molar-refractivity contribution in [3.8, 4) is 0 Å². The first-order valence-electron chi connectivity index (χ1n) is 5.80. The number of rotatable bonds is 4.